The van der Waals surface area contributed by atoms with Gasteiger partial charge in [0.25, 0.3) is 5.91 Å². The topological polar surface area (TPSA) is 55.9 Å². The second-order valence-electron chi connectivity index (χ2n) is 8.01. The van der Waals surface area contributed by atoms with E-state index in [9.17, 15) is 9.59 Å². The van der Waals surface area contributed by atoms with Gasteiger partial charge in [0.05, 0.1) is 6.67 Å². The maximum Gasteiger partial charge on any atom is 0.326 e. The number of anilines is 1. The van der Waals surface area contributed by atoms with Gasteiger partial charge in [0.15, 0.2) is 0 Å². The number of urea groups is 1. The standard InChI is InChI=1S/C20H27ClN4O2/c1-15-5-2-3-8-20(15)18(26)25(19(27)22-20)14-23-9-11-24(12-10-23)17-7-4-6-16(21)13-17/h4,6-7,13,15H,2-3,5,8-12,14H2,1H3,(H,22,27)/t15-,20-/m0/s1. The Bertz CT molecular complexity index is 734. The number of amides is 3. The summed E-state index contributed by atoms with van der Waals surface area (Å²) in [6, 6.07) is 7.64. The maximum absolute atomic E-state index is 13.1. The lowest BCUT2D eigenvalue weighted by Crippen LogP contribution is -2.55. The molecular formula is C20H27ClN4O2. The summed E-state index contributed by atoms with van der Waals surface area (Å²) in [6.45, 7) is 5.79. The molecule has 146 valence electrons. The fourth-order valence-electron chi connectivity index (χ4n) is 4.64. The van der Waals surface area contributed by atoms with E-state index in [1.54, 1.807) is 0 Å². The zero-order valence-corrected chi connectivity index (χ0v) is 16.5. The Kier molecular flexibility index (Phi) is 5.03. The second-order valence-corrected chi connectivity index (χ2v) is 8.44. The molecule has 0 radical (unpaired) electrons. The summed E-state index contributed by atoms with van der Waals surface area (Å²) < 4.78 is 0. The summed E-state index contributed by atoms with van der Waals surface area (Å²) in [5.41, 5.74) is 0.449. The van der Waals surface area contributed by atoms with Crippen LogP contribution in [-0.4, -0.2) is 60.1 Å². The largest absolute Gasteiger partial charge is 0.369 e. The zero-order valence-electron chi connectivity index (χ0n) is 15.8. The number of carbonyl (C=O) groups excluding carboxylic acids is 2. The van der Waals surface area contributed by atoms with Gasteiger partial charge in [0.1, 0.15) is 5.54 Å². The molecule has 1 spiro atoms. The Morgan fingerprint density at radius 2 is 1.96 bits per heavy atom. The van der Waals surface area contributed by atoms with E-state index in [4.69, 9.17) is 11.6 Å². The number of rotatable bonds is 3. The molecule has 2 aliphatic heterocycles. The molecule has 2 saturated heterocycles. The Hall–Kier alpha value is -1.79. The molecule has 1 aliphatic carbocycles. The first-order chi connectivity index (χ1) is 13.0. The molecule has 4 rings (SSSR count). The molecule has 0 aromatic heterocycles. The summed E-state index contributed by atoms with van der Waals surface area (Å²) >= 11 is 6.10. The van der Waals surface area contributed by atoms with Crippen LogP contribution in [0.4, 0.5) is 10.5 Å². The number of piperazine rings is 1. The Balaban J connectivity index is 1.38. The number of hydrogen-bond acceptors (Lipinski definition) is 4. The third kappa shape index (κ3) is 3.41. The molecule has 1 aromatic rings. The summed E-state index contributed by atoms with van der Waals surface area (Å²) in [7, 11) is 0. The molecule has 2 atom stereocenters. The van der Waals surface area contributed by atoms with Crippen molar-refractivity contribution in [2.24, 2.45) is 5.92 Å². The molecule has 7 heteroatoms. The van der Waals surface area contributed by atoms with E-state index in [1.165, 1.54) is 4.90 Å². The van der Waals surface area contributed by atoms with Gasteiger partial charge in [-0.3, -0.25) is 9.69 Å². The van der Waals surface area contributed by atoms with Crippen LogP contribution in [0.15, 0.2) is 24.3 Å². The van der Waals surface area contributed by atoms with Crippen LogP contribution in [0.5, 0.6) is 0 Å². The summed E-state index contributed by atoms with van der Waals surface area (Å²) in [5.74, 6) is 0.171. The van der Waals surface area contributed by atoms with Crippen LogP contribution < -0.4 is 10.2 Å². The number of hydrogen-bond donors (Lipinski definition) is 1. The Morgan fingerprint density at radius 3 is 2.67 bits per heavy atom. The monoisotopic (exact) mass is 390 g/mol. The average Bonchev–Trinajstić information content (AvgIpc) is 2.90. The van der Waals surface area contributed by atoms with Gasteiger partial charge >= 0.3 is 6.03 Å². The number of imide groups is 1. The first-order valence-electron chi connectivity index (χ1n) is 9.86. The van der Waals surface area contributed by atoms with Crippen molar-refractivity contribution in [1.29, 1.82) is 0 Å². The second kappa shape index (κ2) is 7.32. The minimum absolute atomic E-state index is 0.0306. The van der Waals surface area contributed by atoms with Crippen molar-refractivity contribution < 1.29 is 9.59 Å². The fraction of sp³-hybridized carbons (Fsp3) is 0.600. The lowest BCUT2D eigenvalue weighted by atomic mass is 9.73. The van der Waals surface area contributed by atoms with Crippen LogP contribution in [0.1, 0.15) is 32.6 Å². The van der Waals surface area contributed by atoms with Crippen LogP contribution in [0.2, 0.25) is 5.02 Å². The summed E-state index contributed by atoms with van der Waals surface area (Å²) in [4.78, 5) is 31.5. The Labute approximate surface area is 165 Å². The summed E-state index contributed by atoms with van der Waals surface area (Å²) in [5, 5.41) is 3.77. The van der Waals surface area contributed by atoms with Crippen LogP contribution in [0, 0.1) is 5.92 Å². The van der Waals surface area contributed by atoms with Crippen molar-refractivity contribution in [3.8, 4) is 0 Å². The molecule has 0 unspecified atom stereocenters. The third-order valence-electron chi connectivity index (χ3n) is 6.39. The van der Waals surface area contributed by atoms with Gasteiger partial charge in [-0.05, 0) is 37.0 Å². The highest BCUT2D eigenvalue weighted by Crippen LogP contribution is 2.38. The van der Waals surface area contributed by atoms with Gasteiger partial charge in [0.2, 0.25) is 0 Å². The zero-order chi connectivity index (χ0) is 19.0. The van der Waals surface area contributed by atoms with E-state index in [0.29, 0.717) is 6.67 Å². The summed E-state index contributed by atoms with van der Waals surface area (Å²) in [6.07, 6.45) is 3.90. The molecule has 6 nitrogen and oxygen atoms in total. The quantitative estimate of drug-likeness (QED) is 0.806. The molecule has 3 fully saturated rings. The molecule has 2 heterocycles. The van der Waals surface area contributed by atoms with Gasteiger partial charge < -0.3 is 10.2 Å². The molecule has 3 amide bonds. The van der Waals surface area contributed by atoms with E-state index in [-0.39, 0.29) is 17.9 Å². The average molecular weight is 391 g/mol. The number of nitrogens with zero attached hydrogens (tertiary/aromatic N) is 3. The normalized spacial score (nSPS) is 29.5. The van der Waals surface area contributed by atoms with Gasteiger partial charge in [-0.1, -0.05) is 37.4 Å². The fourth-order valence-corrected chi connectivity index (χ4v) is 4.83. The minimum Gasteiger partial charge on any atom is -0.369 e. The molecular weight excluding hydrogens is 364 g/mol. The molecule has 0 bridgehead atoms. The van der Waals surface area contributed by atoms with Crippen molar-refractivity contribution >= 4 is 29.2 Å². The molecule has 1 aromatic carbocycles. The maximum atomic E-state index is 13.1. The minimum atomic E-state index is -0.669. The van der Waals surface area contributed by atoms with Gasteiger partial charge in [0, 0.05) is 36.9 Å². The number of nitrogens with one attached hydrogen (secondary N) is 1. The number of carbonyl (C=O) groups is 2. The Morgan fingerprint density at radius 1 is 1.19 bits per heavy atom. The first-order valence-corrected chi connectivity index (χ1v) is 10.2. The molecule has 1 N–H and O–H groups in total. The number of halogens is 1. The molecule has 3 aliphatic rings. The van der Waals surface area contributed by atoms with E-state index in [2.05, 4.69) is 28.1 Å². The van der Waals surface area contributed by atoms with E-state index >= 15 is 0 Å². The highest BCUT2D eigenvalue weighted by atomic mass is 35.5. The van der Waals surface area contributed by atoms with Gasteiger partial charge in [-0.25, -0.2) is 9.69 Å². The van der Waals surface area contributed by atoms with Gasteiger partial charge in [-0.15, -0.1) is 0 Å². The van der Waals surface area contributed by atoms with Crippen LogP contribution in [0.3, 0.4) is 0 Å². The van der Waals surface area contributed by atoms with Crippen LogP contribution in [0.25, 0.3) is 0 Å². The molecule has 27 heavy (non-hydrogen) atoms. The van der Waals surface area contributed by atoms with E-state index in [0.717, 1.165) is 62.6 Å². The predicted octanol–water partition coefficient (Wildman–Crippen LogP) is 2.92. The predicted molar refractivity (Wildman–Crippen MR) is 106 cm³/mol. The van der Waals surface area contributed by atoms with E-state index < -0.39 is 5.54 Å². The third-order valence-corrected chi connectivity index (χ3v) is 6.62. The smallest absolute Gasteiger partial charge is 0.326 e. The van der Waals surface area contributed by atoms with Crippen LogP contribution >= 0.6 is 11.6 Å². The van der Waals surface area contributed by atoms with Crippen molar-refractivity contribution in [2.75, 3.05) is 37.7 Å². The van der Waals surface area contributed by atoms with Crippen molar-refractivity contribution in [3.63, 3.8) is 0 Å². The lowest BCUT2D eigenvalue weighted by Gasteiger charge is -2.38. The van der Waals surface area contributed by atoms with E-state index in [1.807, 2.05) is 18.2 Å². The molecule has 1 saturated carbocycles. The number of benzene rings is 1. The van der Waals surface area contributed by atoms with Crippen LogP contribution in [-0.2, 0) is 4.79 Å². The highest BCUT2D eigenvalue weighted by molar-refractivity contribution is 6.30. The van der Waals surface area contributed by atoms with Crippen molar-refractivity contribution in [3.05, 3.63) is 29.3 Å². The SMILES string of the molecule is C[C@H]1CCCC[C@]12NC(=O)N(CN1CCN(c3cccc(Cl)c3)CC1)C2=O. The first kappa shape index (κ1) is 18.6. The van der Waals surface area contributed by atoms with Gasteiger partial charge in [-0.2, -0.15) is 0 Å². The highest BCUT2D eigenvalue weighted by Gasteiger charge is 2.55. The van der Waals surface area contributed by atoms with Crippen molar-refractivity contribution in [2.45, 2.75) is 38.1 Å². The van der Waals surface area contributed by atoms with Crippen molar-refractivity contribution in [1.82, 2.24) is 15.1 Å². The lowest BCUT2D eigenvalue weighted by molar-refractivity contribution is -0.135.